The van der Waals surface area contributed by atoms with E-state index in [1.165, 1.54) is 32.6 Å². The van der Waals surface area contributed by atoms with Crippen LogP contribution in [0.15, 0.2) is 70.2 Å². The third-order valence-electron chi connectivity index (χ3n) is 4.53. The molecule has 0 fully saturated rings. The molecule has 0 aromatic heterocycles. The summed E-state index contributed by atoms with van der Waals surface area (Å²) < 4.78 is 17.0. The van der Waals surface area contributed by atoms with Crippen molar-refractivity contribution in [1.29, 1.82) is 0 Å². The van der Waals surface area contributed by atoms with E-state index in [0.29, 0.717) is 28.4 Å². The minimum absolute atomic E-state index is 0.0143. The Kier molecular flexibility index (Phi) is 7.98. The van der Waals surface area contributed by atoms with E-state index in [2.05, 4.69) is 26.5 Å². The van der Waals surface area contributed by atoms with E-state index in [1.54, 1.807) is 42.5 Å². The molecule has 3 aromatic carbocycles. The van der Waals surface area contributed by atoms with Gasteiger partial charge in [0.05, 0.1) is 25.4 Å². The van der Waals surface area contributed by atoms with Gasteiger partial charge in [-0.15, -0.1) is 0 Å². The lowest BCUT2D eigenvalue weighted by molar-refractivity contribution is -0.384. The van der Waals surface area contributed by atoms with Crippen molar-refractivity contribution >= 4 is 33.7 Å². The molecule has 33 heavy (non-hydrogen) atoms. The van der Waals surface area contributed by atoms with Gasteiger partial charge < -0.3 is 14.2 Å². The molecule has 0 aliphatic carbocycles. The number of hydrogen-bond donors (Lipinski definition) is 1. The zero-order valence-corrected chi connectivity index (χ0v) is 19.4. The van der Waals surface area contributed by atoms with Gasteiger partial charge in [-0.3, -0.25) is 14.9 Å². The number of nitro groups is 1. The first kappa shape index (κ1) is 23.7. The van der Waals surface area contributed by atoms with Crippen molar-refractivity contribution in [3.05, 3.63) is 91.9 Å². The molecule has 1 amide bonds. The summed E-state index contributed by atoms with van der Waals surface area (Å²) in [4.78, 5) is 22.8. The van der Waals surface area contributed by atoms with Crippen LogP contribution in [0.2, 0.25) is 0 Å². The summed E-state index contributed by atoms with van der Waals surface area (Å²) in [6, 6.07) is 16.3. The molecule has 10 heteroatoms. The molecule has 0 aliphatic heterocycles. The molecule has 0 atom stereocenters. The molecule has 0 radical (unpaired) electrons. The fourth-order valence-electron chi connectivity index (χ4n) is 2.83. The predicted octanol–water partition coefficient (Wildman–Crippen LogP) is 4.72. The van der Waals surface area contributed by atoms with Gasteiger partial charge in [-0.2, -0.15) is 5.10 Å². The predicted molar refractivity (Wildman–Crippen MR) is 126 cm³/mol. The zero-order valence-electron chi connectivity index (χ0n) is 17.8. The highest BCUT2D eigenvalue weighted by Gasteiger charge is 2.11. The van der Waals surface area contributed by atoms with Gasteiger partial charge in [-0.05, 0) is 54.1 Å². The van der Waals surface area contributed by atoms with Crippen LogP contribution in [0.1, 0.15) is 21.5 Å². The Balaban J connectivity index is 1.68. The molecular formula is C23H20BrN3O6. The minimum atomic E-state index is -0.454. The number of methoxy groups -OCH3 is 2. The number of ether oxygens (including phenoxy) is 3. The lowest BCUT2D eigenvalue weighted by atomic mass is 10.2. The van der Waals surface area contributed by atoms with Crippen LogP contribution in [0.4, 0.5) is 5.69 Å². The topological polar surface area (TPSA) is 112 Å². The summed E-state index contributed by atoms with van der Waals surface area (Å²) in [5, 5.41) is 14.8. The maximum Gasteiger partial charge on any atom is 0.271 e. The number of nitrogens with one attached hydrogen (secondary N) is 1. The smallest absolute Gasteiger partial charge is 0.271 e. The van der Waals surface area contributed by atoms with Gasteiger partial charge in [-0.1, -0.05) is 15.9 Å². The Labute approximate surface area is 198 Å². The molecule has 0 saturated carbocycles. The molecule has 0 spiro atoms. The second-order valence-corrected chi connectivity index (χ2v) is 7.58. The van der Waals surface area contributed by atoms with E-state index in [0.717, 1.165) is 10.0 Å². The molecule has 0 heterocycles. The summed E-state index contributed by atoms with van der Waals surface area (Å²) in [6.07, 6.45) is 1.47. The number of nitro benzene ring substituents is 1. The Bertz CT molecular complexity index is 1180. The van der Waals surface area contributed by atoms with Crippen LogP contribution in [0.25, 0.3) is 0 Å². The lowest BCUT2D eigenvalue weighted by Gasteiger charge is -2.10. The summed E-state index contributed by atoms with van der Waals surface area (Å²) in [5.41, 5.74) is 4.24. The fraction of sp³-hybridized carbons (Fsp3) is 0.130. The first-order valence-electron chi connectivity index (χ1n) is 9.62. The van der Waals surface area contributed by atoms with E-state index in [1.807, 2.05) is 6.07 Å². The average Bonchev–Trinajstić information content (AvgIpc) is 2.83. The number of carbonyl (C=O) groups excluding carboxylic acids is 1. The number of nitrogens with zero attached hydrogens (tertiary/aromatic N) is 2. The van der Waals surface area contributed by atoms with Crippen molar-refractivity contribution in [2.45, 2.75) is 6.61 Å². The number of rotatable bonds is 9. The monoisotopic (exact) mass is 513 g/mol. The Hall–Kier alpha value is -3.92. The summed E-state index contributed by atoms with van der Waals surface area (Å²) in [5.74, 6) is 1.06. The van der Waals surface area contributed by atoms with Gasteiger partial charge in [0.25, 0.3) is 11.6 Å². The molecule has 3 rings (SSSR count). The highest BCUT2D eigenvalue weighted by atomic mass is 79.9. The largest absolute Gasteiger partial charge is 0.493 e. The van der Waals surface area contributed by atoms with Crippen LogP contribution >= 0.6 is 15.9 Å². The third-order valence-corrected chi connectivity index (χ3v) is 5.02. The van der Waals surface area contributed by atoms with E-state index in [-0.39, 0.29) is 12.3 Å². The SMILES string of the molecule is COc1ccc(C(=O)N/N=C/c2cc(Br)ccc2OCc2ccc([N+](=O)[O-])cc2)cc1OC. The molecule has 3 aromatic rings. The van der Waals surface area contributed by atoms with E-state index in [4.69, 9.17) is 14.2 Å². The molecule has 0 saturated heterocycles. The second kappa shape index (κ2) is 11.1. The summed E-state index contributed by atoms with van der Waals surface area (Å²) >= 11 is 3.41. The highest BCUT2D eigenvalue weighted by Crippen LogP contribution is 2.27. The molecule has 0 unspecified atom stereocenters. The maximum atomic E-state index is 12.4. The standard InChI is InChI=1S/C23H20BrN3O6/c1-31-21-9-5-16(12-22(21)32-2)23(28)26-25-13-17-11-18(24)6-10-20(17)33-14-15-3-7-19(8-4-15)27(29)30/h3-13H,14H2,1-2H3,(H,26,28)/b25-13+. The van der Waals surface area contributed by atoms with Crippen LogP contribution in [0.3, 0.4) is 0 Å². The maximum absolute atomic E-state index is 12.4. The number of halogens is 1. The van der Waals surface area contributed by atoms with Gasteiger partial charge >= 0.3 is 0 Å². The lowest BCUT2D eigenvalue weighted by Crippen LogP contribution is -2.17. The molecule has 9 nitrogen and oxygen atoms in total. The highest BCUT2D eigenvalue weighted by molar-refractivity contribution is 9.10. The molecule has 0 bridgehead atoms. The van der Waals surface area contributed by atoms with Crippen molar-refractivity contribution < 1.29 is 23.9 Å². The van der Waals surface area contributed by atoms with Gasteiger partial charge in [0.1, 0.15) is 12.4 Å². The van der Waals surface area contributed by atoms with E-state index in [9.17, 15) is 14.9 Å². The Morgan fingerprint density at radius 1 is 1.03 bits per heavy atom. The number of hydrogen-bond acceptors (Lipinski definition) is 7. The van der Waals surface area contributed by atoms with Crippen LogP contribution in [0.5, 0.6) is 17.2 Å². The number of benzene rings is 3. The summed E-state index contributed by atoms with van der Waals surface area (Å²) in [7, 11) is 3.00. The third kappa shape index (κ3) is 6.30. The molecule has 0 aliphatic rings. The first-order valence-corrected chi connectivity index (χ1v) is 10.4. The van der Waals surface area contributed by atoms with Crippen LogP contribution in [-0.4, -0.2) is 31.3 Å². The van der Waals surface area contributed by atoms with E-state index >= 15 is 0 Å². The van der Waals surface area contributed by atoms with Crippen molar-refractivity contribution in [3.63, 3.8) is 0 Å². The zero-order chi connectivity index (χ0) is 23.8. The second-order valence-electron chi connectivity index (χ2n) is 6.66. The quantitative estimate of drug-likeness (QED) is 0.251. The fourth-order valence-corrected chi connectivity index (χ4v) is 3.21. The van der Waals surface area contributed by atoms with Crippen molar-refractivity contribution in [2.75, 3.05) is 14.2 Å². The van der Waals surface area contributed by atoms with Crippen LogP contribution in [0, 0.1) is 10.1 Å². The van der Waals surface area contributed by atoms with Crippen molar-refractivity contribution in [3.8, 4) is 17.2 Å². The number of hydrazone groups is 1. The minimum Gasteiger partial charge on any atom is -0.493 e. The number of non-ortho nitro benzene ring substituents is 1. The number of carbonyl (C=O) groups is 1. The summed E-state index contributed by atoms with van der Waals surface area (Å²) in [6.45, 7) is 0.207. The van der Waals surface area contributed by atoms with Gasteiger partial charge in [0.2, 0.25) is 0 Å². The molecule has 170 valence electrons. The first-order chi connectivity index (χ1) is 15.9. The van der Waals surface area contributed by atoms with Gasteiger partial charge in [-0.25, -0.2) is 5.43 Å². The van der Waals surface area contributed by atoms with Gasteiger partial charge in [0, 0.05) is 27.7 Å². The van der Waals surface area contributed by atoms with Crippen molar-refractivity contribution in [1.82, 2.24) is 5.43 Å². The average molecular weight is 514 g/mol. The molecular weight excluding hydrogens is 494 g/mol. The van der Waals surface area contributed by atoms with E-state index < -0.39 is 10.8 Å². The Morgan fingerprint density at radius 2 is 1.73 bits per heavy atom. The normalized spacial score (nSPS) is 10.6. The van der Waals surface area contributed by atoms with Crippen LogP contribution in [-0.2, 0) is 6.61 Å². The number of amides is 1. The Morgan fingerprint density at radius 3 is 2.39 bits per heavy atom. The van der Waals surface area contributed by atoms with Crippen LogP contribution < -0.4 is 19.6 Å². The molecule has 1 N–H and O–H groups in total. The van der Waals surface area contributed by atoms with Gasteiger partial charge in [0.15, 0.2) is 11.5 Å². The van der Waals surface area contributed by atoms with Crippen molar-refractivity contribution in [2.24, 2.45) is 5.10 Å².